The maximum atomic E-state index is 5.56. The Labute approximate surface area is 147 Å². The van der Waals surface area contributed by atoms with Crippen molar-refractivity contribution in [2.24, 2.45) is 0 Å². The summed E-state index contributed by atoms with van der Waals surface area (Å²) in [5.41, 5.74) is 4.49. The van der Waals surface area contributed by atoms with E-state index in [0.29, 0.717) is 6.04 Å². The van der Waals surface area contributed by atoms with E-state index in [1.54, 1.807) is 5.56 Å². The Morgan fingerprint density at radius 3 is 2.67 bits per heavy atom. The second-order valence-electron chi connectivity index (χ2n) is 8.52. The van der Waals surface area contributed by atoms with E-state index in [-0.39, 0.29) is 5.04 Å². The van der Waals surface area contributed by atoms with Crippen molar-refractivity contribution in [3.05, 3.63) is 35.5 Å². The summed E-state index contributed by atoms with van der Waals surface area (Å²) in [6.45, 7) is 13.3. The number of nitrogens with one attached hydrogen (secondary N) is 1. The van der Waals surface area contributed by atoms with Crippen LogP contribution in [-0.4, -0.2) is 19.0 Å². The van der Waals surface area contributed by atoms with Crippen LogP contribution in [-0.2, 0) is 6.42 Å². The monoisotopic (exact) mass is 338 g/mol. The topological polar surface area (TPSA) is 17.0 Å². The molecule has 0 radical (unpaired) electrons. The minimum Gasteiger partial charge on any atom is -0.370 e. The van der Waals surface area contributed by atoms with Gasteiger partial charge in [-0.25, -0.2) is 0 Å². The smallest absolute Gasteiger partial charge is 0.161 e. The minimum absolute atomic E-state index is 0.288. The first kappa shape index (κ1) is 17.3. The summed E-state index contributed by atoms with van der Waals surface area (Å²) in [6, 6.07) is 9.36. The fourth-order valence-corrected chi connectivity index (χ4v) is 6.19. The van der Waals surface area contributed by atoms with Crippen LogP contribution in [0.3, 0.4) is 0 Å². The highest BCUT2D eigenvalue weighted by atomic mass is 28.3. The number of benzene rings is 1. The Hall–Kier alpha value is -1.50. The molecule has 1 atom stereocenters. The second-order valence-corrected chi connectivity index (χ2v) is 13.6. The summed E-state index contributed by atoms with van der Waals surface area (Å²) in [7, 11) is -1.73. The lowest BCUT2D eigenvalue weighted by atomic mass is 9.96. The summed E-state index contributed by atoms with van der Waals surface area (Å²) in [5.74, 6) is 2.83. The molecule has 3 rings (SSSR count). The van der Waals surface area contributed by atoms with Gasteiger partial charge in [-0.05, 0) is 36.1 Å². The van der Waals surface area contributed by atoms with E-state index in [0.717, 1.165) is 25.8 Å². The van der Waals surface area contributed by atoms with E-state index in [1.807, 2.05) is 0 Å². The third-order valence-corrected chi connectivity index (χ3v) is 11.4. The van der Waals surface area contributed by atoms with Crippen LogP contribution in [0.1, 0.15) is 50.9 Å². The molecule has 0 spiro atoms. The summed E-state index contributed by atoms with van der Waals surface area (Å²) in [5, 5.41) is 5.48. The van der Waals surface area contributed by atoms with Gasteiger partial charge >= 0.3 is 0 Å². The van der Waals surface area contributed by atoms with Crippen molar-refractivity contribution in [2.75, 3.05) is 6.54 Å². The molecule has 1 aromatic carbocycles. The van der Waals surface area contributed by atoms with Gasteiger partial charge in [-0.1, -0.05) is 52.1 Å². The molecule has 128 valence electrons. The van der Waals surface area contributed by atoms with Gasteiger partial charge in [-0.3, -0.25) is 0 Å². The van der Waals surface area contributed by atoms with E-state index in [9.17, 15) is 0 Å². The highest BCUT2D eigenvalue weighted by Crippen LogP contribution is 2.44. The molecule has 2 nitrogen and oxygen atoms in total. The highest BCUT2D eigenvalue weighted by molar-refractivity contribution is 6.79. The molecule has 1 aromatic heterocycles. The van der Waals surface area contributed by atoms with E-state index in [1.165, 1.54) is 16.6 Å². The Morgan fingerprint density at radius 2 is 2.00 bits per heavy atom. The molecule has 0 fully saturated rings. The van der Waals surface area contributed by atoms with Gasteiger partial charge in [0.25, 0.3) is 0 Å². The molecule has 0 aliphatic carbocycles. The van der Waals surface area contributed by atoms with Crippen molar-refractivity contribution in [1.29, 1.82) is 0 Å². The number of rotatable bonds is 3. The predicted octanol–water partition coefficient (Wildman–Crippen LogP) is 5.09. The van der Waals surface area contributed by atoms with Gasteiger partial charge in [0.1, 0.15) is 0 Å². The van der Waals surface area contributed by atoms with Crippen LogP contribution in [0.2, 0.25) is 18.1 Å². The zero-order valence-corrected chi connectivity index (χ0v) is 16.7. The molecule has 0 saturated carbocycles. The SMILES string of the molecule is C#CCC[C@@H]1NCCc2c1n([Si](C)(C)C(C)(C)C)c1ccccc21. The van der Waals surface area contributed by atoms with Crippen molar-refractivity contribution >= 4 is 19.1 Å². The maximum absolute atomic E-state index is 5.56. The lowest BCUT2D eigenvalue weighted by Gasteiger charge is -2.42. The number of fused-ring (bicyclic) bond motifs is 3. The predicted molar refractivity (Wildman–Crippen MR) is 107 cm³/mol. The molecule has 1 N–H and O–H groups in total. The van der Waals surface area contributed by atoms with Gasteiger partial charge in [0, 0.05) is 29.1 Å². The molecule has 24 heavy (non-hydrogen) atoms. The van der Waals surface area contributed by atoms with Crippen molar-refractivity contribution in [3.8, 4) is 12.3 Å². The number of hydrogen-bond donors (Lipinski definition) is 1. The Balaban J connectivity index is 2.30. The van der Waals surface area contributed by atoms with Crippen LogP contribution in [0, 0.1) is 12.3 Å². The van der Waals surface area contributed by atoms with E-state index >= 15 is 0 Å². The molecule has 0 unspecified atom stereocenters. The van der Waals surface area contributed by atoms with Crippen molar-refractivity contribution in [2.45, 2.75) is 64.2 Å². The van der Waals surface area contributed by atoms with E-state index in [4.69, 9.17) is 6.42 Å². The van der Waals surface area contributed by atoms with Crippen molar-refractivity contribution in [3.63, 3.8) is 0 Å². The lowest BCUT2D eigenvalue weighted by Crippen LogP contribution is -2.48. The Morgan fingerprint density at radius 1 is 1.29 bits per heavy atom. The summed E-state index contributed by atoms with van der Waals surface area (Å²) in [4.78, 5) is 0. The van der Waals surface area contributed by atoms with Crippen LogP contribution in [0.25, 0.3) is 10.9 Å². The number of terminal acetylenes is 1. The van der Waals surface area contributed by atoms with Crippen molar-refractivity contribution in [1.82, 2.24) is 9.55 Å². The third-order valence-electron chi connectivity index (χ3n) is 6.09. The number of aromatic nitrogens is 1. The first-order valence-electron chi connectivity index (χ1n) is 9.08. The molecule has 1 aliphatic heterocycles. The normalized spacial score (nSPS) is 18.4. The zero-order chi connectivity index (χ0) is 17.5. The Bertz CT molecular complexity index is 786. The van der Waals surface area contributed by atoms with E-state index in [2.05, 4.69) is 73.6 Å². The van der Waals surface area contributed by atoms with Gasteiger partial charge in [0.2, 0.25) is 0 Å². The maximum Gasteiger partial charge on any atom is 0.161 e. The zero-order valence-electron chi connectivity index (χ0n) is 15.7. The molecule has 2 heterocycles. The van der Waals surface area contributed by atoms with Gasteiger partial charge in [0.05, 0.1) is 0 Å². The van der Waals surface area contributed by atoms with Crippen LogP contribution in [0.5, 0.6) is 0 Å². The third kappa shape index (κ3) is 2.62. The summed E-state index contributed by atoms with van der Waals surface area (Å²) >= 11 is 0. The summed E-state index contributed by atoms with van der Waals surface area (Å²) in [6.07, 6.45) is 8.52. The van der Waals surface area contributed by atoms with E-state index < -0.39 is 8.24 Å². The first-order valence-corrected chi connectivity index (χ1v) is 12.0. The number of nitrogens with zero attached hydrogens (tertiary/aromatic N) is 1. The summed E-state index contributed by atoms with van der Waals surface area (Å²) < 4.78 is 2.74. The molecule has 2 aromatic rings. The first-order chi connectivity index (χ1) is 11.3. The quantitative estimate of drug-likeness (QED) is 0.609. The molecule has 0 bridgehead atoms. The molecule has 3 heteroatoms. The van der Waals surface area contributed by atoms with Gasteiger partial charge < -0.3 is 9.55 Å². The molecule has 0 amide bonds. The lowest BCUT2D eigenvalue weighted by molar-refractivity contribution is 0.467. The van der Waals surface area contributed by atoms with Crippen LogP contribution < -0.4 is 5.32 Å². The van der Waals surface area contributed by atoms with Gasteiger partial charge in [0.15, 0.2) is 8.24 Å². The average Bonchev–Trinajstić information content (AvgIpc) is 2.87. The fraction of sp³-hybridized carbons (Fsp3) is 0.524. The number of para-hydroxylation sites is 1. The van der Waals surface area contributed by atoms with Crippen LogP contribution >= 0.6 is 0 Å². The largest absolute Gasteiger partial charge is 0.370 e. The standard InChI is InChI=1S/C21H30N2Si/c1-7-8-12-18-20-17(14-15-22-18)16-11-9-10-13-19(16)23(20)24(5,6)21(2,3)4/h1,9-11,13,18,22H,8,12,14-15H2,2-6H3/t18-/m0/s1. The second kappa shape index (κ2) is 6.09. The van der Waals surface area contributed by atoms with Crippen molar-refractivity contribution < 1.29 is 0 Å². The van der Waals surface area contributed by atoms with Crippen LogP contribution in [0.15, 0.2) is 24.3 Å². The molecular formula is C21H30N2Si. The van der Waals surface area contributed by atoms with Gasteiger partial charge in [-0.2, -0.15) is 0 Å². The minimum atomic E-state index is -1.73. The molecular weight excluding hydrogens is 308 g/mol. The Kier molecular flexibility index (Phi) is 4.40. The highest BCUT2D eigenvalue weighted by Gasteiger charge is 2.42. The fourth-order valence-electron chi connectivity index (χ4n) is 3.83. The number of hydrogen-bond acceptors (Lipinski definition) is 1. The van der Waals surface area contributed by atoms with Gasteiger partial charge in [-0.15, -0.1) is 12.3 Å². The molecule has 1 aliphatic rings. The molecule has 0 saturated heterocycles. The van der Waals surface area contributed by atoms with Crippen LogP contribution in [0.4, 0.5) is 0 Å². The average molecular weight is 339 g/mol.